The van der Waals surface area contributed by atoms with E-state index in [4.69, 9.17) is 4.74 Å². The van der Waals surface area contributed by atoms with Gasteiger partial charge in [-0.25, -0.2) is 14.8 Å². The minimum Gasteiger partial charge on any atom is -0.479 e. The van der Waals surface area contributed by atoms with Gasteiger partial charge in [-0.05, 0) is 6.07 Å². The third-order valence-electron chi connectivity index (χ3n) is 3.32. The van der Waals surface area contributed by atoms with Gasteiger partial charge in [0.05, 0.1) is 24.0 Å². The lowest BCUT2D eigenvalue weighted by atomic mass is 9.98. The van der Waals surface area contributed by atoms with Gasteiger partial charge in [-0.15, -0.1) is 0 Å². The van der Waals surface area contributed by atoms with Gasteiger partial charge in [-0.3, -0.25) is 4.79 Å². The van der Waals surface area contributed by atoms with Crippen molar-refractivity contribution in [2.24, 2.45) is 0 Å². The quantitative estimate of drug-likeness (QED) is 0.722. The Labute approximate surface area is 113 Å². The van der Waals surface area contributed by atoms with Crippen molar-refractivity contribution in [2.75, 3.05) is 13.2 Å². The van der Waals surface area contributed by atoms with Crippen LogP contribution in [-0.2, 0) is 9.53 Å². The zero-order valence-electron chi connectivity index (χ0n) is 10.4. The average Bonchev–Trinajstić information content (AvgIpc) is 3.06. The van der Waals surface area contributed by atoms with Crippen LogP contribution in [0.25, 0.3) is 11.2 Å². The molecule has 1 aliphatic rings. The second kappa shape index (κ2) is 4.57. The molecule has 104 valence electrons. The molecule has 8 heteroatoms. The van der Waals surface area contributed by atoms with Crippen molar-refractivity contribution < 1.29 is 19.4 Å². The van der Waals surface area contributed by atoms with Crippen LogP contribution in [0, 0.1) is 0 Å². The summed E-state index contributed by atoms with van der Waals surface area (Å²) < 4.78 is 5.09. The number of rotatable bonds is 3. The second-order valence-electron chi connectivity index (χ2n) is 4.64. The van der Waals surface area contributed by atoms with E-state index in [1.54, 1.807) is 6.07 Å². The predicted octanol–water partition coefficient (Wildman–Crippen LogP) is -0.0686. The van der Waals surface area contributed by atoms with Crippen LogP contribution in [0.5, 0.6) is 0 Å². The summed E-state index contributed by atoms with van der Waals surface area (Å²) in [4.78, 5) is 34.3. The molecule has 0 saturated carbocycles. The van der Waals surface area contributed by atoms with E-state index in [1.807, 2.05) is 0 Å². The van der Waals surface area contributed by atoms with Crippen molar-refractivity contribution in [1.82, 2.24) is 20.3 Å². The highest BCUT2D eigenvalue weighted by Crippen LogP contribution is 2.20. The fourth-order valence-electron chi connectivity index (χ4n) is 2.13. The highest BCUT2D eigenvalue weighted by Gasteiger charge is 2.44. The van der Waals surface area contributed by atoms with Crippen LogP contribution in [0.15, 0.2) is 18.6 Å². The standard InChI is InChI=1S/C12H12N4O4/c17-10(16-12(11(18)19)1-2-20-5-12)7-3-8-9(13-4-7)15-6-14-8/h3-4,6H,1-2,5H2,(H,16,17)(H,18,19)(H,13,14,15)/t12-/m0/s1. The van der Waals surface area contributed by atoms with Crippen LogP contribution in [0.1, 0.15) is 16.8 Å². The number of aliphatic carboxylic acids is 1. The molecule has 3 N–H and O–H groups in total. The molecule has 0 aromatic carbocycles. The van der Waals surface area contributed by atoms with Crippen LogP contribution in [0.2, 0.25) is 0 Å². The lowest BCUT2D eigenvalue weighted by Gasteiger charge is -2.23. The fourth-order valence-corrected chi connectivity index (χ4v) is 2.13. The summed E-state index contributed by atoms with van der Waals surface area (Å²) in [5, 5.41) is 11.8. The summed E-state index contributed by atoms with van der Waals surface area (Å²) in [7, 11) is 0. The molecule has 1 saturated heterocycles. The van der Waals surface area contributed by atoms with Crippen LogP contribution in [0.4, 0.5) is 0 Å². The number of amides is 1. The molecule has 1 fully saturated rings. The van der Waals surface area contributed by atoms with Crippen LogP contribution in [0.3, 0.4) is 0 Å². The SMILES string of the molecule is O=C(N[C@@]1(C(=O)O)CCOC1)c1cnc2nc[nH]c2c1. The van der Waals surface area contributed by atoms with E-state index < -0.39 is 17.4 Å². The first-order valence-corrected chi connectivity index (χ1v) is 6.03. The van der Waals surface area contributed by atoms with E-state index in [0.717, 1.165) is 0 Å². The molecule has 20 heavy (non-hydrogen) atoms. The Morgan fingerprint density at radius 1 is 1.45 bits per heavy atom. The normalized spacial score (nSPS) is 22.0. The smallest absolute Gasteiger partial charge is 0.331 e. The minimum atomic E-state index is -1.36. The topological polar surface area (TPSA) is 117 Å². The van der Waals surface area contributed by atoms with Gasteiger partial charge >= 0.3 is 5.97 Å². The molecule has 1 atom stereocenters. The van der Waals surface area contributed by atoms with Crippen LogP contribution < -0.4 is 5.32 Å². The lowest BCUT2D eigenvalue weighted by molar-refractivity contribution is -0.144. The van der Waals surface area contributed by atoms with Gasteiger partial charge < -0.3 is 20.1 Å². The van der Waals surface area contributed by atoms with Gasteiger partial charge in [0.1, 0.15) is 0 Å². The third-order valence-corrected chi connectivity index (χ3v) is 3.32. The summed E-state index contributed by atoms with van der Waals surface area (Å²) in [5.41, 5.74) is 0.0256. The number of aromatic nitrogens is 3. The molecule has 1 amide bonds. The van der Waals surface area contributed by atoms with Gasteiger partial charge in [-0.1, -0.05) is 0 Å². The van der Waals surface area contributed by atoms with E-state index in [0.29, 0.717) is 17.8 Å². The first kappa shape index (κ1) is 12.5. The Balaban J connectivity index is 1.86. The number of carboxylic acids is 1. The Morgan fingerprint density at radius 3 is 3.00 bits per heavy atom. The maximum atomic E-state index is 12.2. The Kier molecular flexibility index (Phi) is 2.87. The summed E-state index contributed by atoms with van der Waals surface area (Å²) in [6.07, 6.45) is 3.08. The number of carbonyl (C=O) groups excluding carboxylic acids is 1. The number of pyridine rings is 1. The summed E-state index contributed by atoms with van der Waals surface area (Å²) >= 11 is 0. The molecular formula is C12H12N4O4. The monoisotopic (exact) mass is 276 g/mol. The number of fused-ring (bicyclic) bond motifs is 1. The second-order valence-corrected chi connectivity index (χ2v) is 4.64. The number of carboxylic acid groups (broad SMARTS) is 1. The molecule has 0 unspecified atom stereocenters. The number of ether oxygens (including phenoxy) is 1. The molecule has 1 aliphatic heterocycles. The van der Waals surface area contributed by atoms with Crippen molar-refractivity contribution in [3.8, 4) is 0 Å². The van der Waals surface area contributed by atoms with Gasteiger partial charge in [0, 0.05) is 19.2 Å². The Hall–Kier alpha value is -2.48. The molecule has 2 aromatic heterocycles. The van der Waals surface area contributed by atoms with Gasteiger partial charge in [0.2, 0.25) is 0 Å². The largest absolute Gasteiger partial charge is 0.479 e. The molecule has 0 spiro atoms. The van der Waals surface area contributed by atoms with E-state index in [1.165, 1.54) is 12.5 Å². The average molecular weight is 276 g/mol. The summed E-state index contributed by atoms with van der Waals surface area (Å²) in [5.74, 6) is -1.60. The number of nitrogens with one attached hydrogen (secondary N) is 2. The minimum absolute atomic E-state index is 0.0339. The molecule has 0 bridgehead atoms. The zero-order valence-corrected chi connectivity index (χ0v) is 10.4. The molecule has 8 nitrogen and oxygen atoms in total. The van der Waals surface area contributed by atoms with Crippen molar-refractivity contribution >= 4 is 23.0 Å². The number of nitrogens with zero attached hydrogens (tertiary/aromatic N) is 2. The maximum Gasteiger partial charge on any atom is 0.331 e. The number of imidazole rings is 1. The fraction of sp³-hybridized carbons (Fsp3) is 0.333. The van der Waals surface area contributed by atoms with Crippen LogP contribution >= 0.6 is 0 Å². The van der Waals surface area contributed by atoms with Gasteiger partial charge in [0.25, 0.3) is 5.91 Å². The summed E-state index contributed by atoms with van der Waals surface area (Å²) in [6, 6.07) is 1.58. The summed E-state index contributed by atoms with van der Waals surface area (Å²) in [6.45, 7) is 0.276. The predicted molar refractivity (Wildman–Crippen MR) is 67.2 cm³/mol. The van der Waals surface area contributed by atoms with Crippen LogP contribution in [-0.4, -0.2) is 50.7 Å². The molecular weight excluding hydrogens is 264 g/mol. The molecule has 0 aliphatic carbocycles. The third kappa shape index (κ3) is 1.99. The first-order chi connectivity index (χ1) is 9.61. The highest BCUT2D eigenvalue weighted by molar-refractivity contribution is 5.99. The molecule has 3 rings (SSSR count). The van der Waals surface area contributed by atoms with E-state index in [-0.39, 0.29) is 18.6 Å². The van der Waals surface area contributed by atoms with E-state index in [9.17, 15) is 14.7 Å². The van der Waals surface area contributed by atoms with Crippen molar-refractivity contribution in [2.45, 2.75) is 12.0 Å². The van der Waals surface area contributed by atoms with Crippen molar-refractivity contribution in [3.63, 3.8) is 0 Å². The number of hydrogen-bond acceptors (Lipinski definition) is 5. The Morgan fingerprint density at radius 2 is 2.30 bits per heavy atom. The van der Waals surface area contributed by atoms with E-state index >= 15 is 0 Å². The maximum absolute atomic E-state index is 12.2. The van der Waals surface area contributed by atoms with Crippen molar-refractivity contribution in [3.05, 3.63) is 24.2 Å². The number of aromatic amines is 1. The number of H-pyrrole nitrogens is 1. The Bertz CT molecular complexity index is 675. The first-order valence-electron chi connectivity index (χ1n) is 6.03. The lowest BCUT2D eigenvalue weighted by Crippen LogP contribution is -2.55. The van der Waals surface area contributed by atoms with Crippen molar-refractivity contribution in [1.29, 1.82) is 0 Å². The highest BCUT2D eigenvalue weighted by atomic mass is 16.5. The number of hydrogen-bond donors (Lipinski definition) is 3. The number of carbonyl (C=O) groups is 2. The van der Waals surface area contributed by atoms with Gasteiger partial charge in [-0.2, -0.15) is 0 Å². The molecule has 3 heterocycles. The molecule has 2 aromatic rings. The zero-order chi connectivity index (χ0) is 14.2. The molecule has 0 radical (unpaired) electrons. The van der Waals surface area contributed by atoms with E-state index in [2.05, 4.69) is 20.3 Å². The van der Waals surface area contributed by atoms with Gasteiger partial charge in [0.15, 0.2) is 11.2 Å².